The maximum atomic E-state index is 15.0. The third kappa shape index (κ3) is 3.97. The van der Waals surface area contributed by atoms with Crippen molar-refractivity contribution < 1.29 is 35.5 Å². The molecule has 1 aliphatic heterocycles. The molecule has 0 atom stereocenters. The molecule has 37 heavy (non-hydrogen) atoms. The molecule has 2 heterocycles. The van der Waals surface area contributed by atoms with Gasteiger partial charge in [0, 0.05) is 16.6 Å². The largest absolute Gasteiger partial charge is 0.460 e. The van der Waals surface area contributed by atoms with Crippen LogP contribution in [-0.2, 0) is 11.3 Å². The number of terminal acetylenes is 1. The highest BCUT2D eigenvalue weighted by molar-refractivity contribution is 6.35. The SMILES string of the molecule is C#CCn1c(C)c(/C=C2/C(=O)N(c3ccccc3)N=C2C(F)(F)C(F)(F)C(F)(F)F)c2cccc(C)c21. The molecule has 0 radical (unpaired) electrons. The fourth-order valence-corrected chi connectivity index (χ4v) is 4.21. The third-order valence-electron chi connectivity index (χ3n) is 6.06. The van der Waals surface area contributed by atoms with Crippen molar-refractivity contribution >= 4 is 34.3 Å². The minimum absolute atomic E-state index is 0.0592. The average Bonchev–Trinajstić information content (AvgIpc) is 3.30. The minimum atomic E-state index is -6.61. The standard InChI is InChI=1S/C26H18F7N3O/c1-4-13-35-16(3)19(18-12-8-9-15(2)21(18)35)14-20-22(24(27,28)25(29,30)26(31,32)33)34-36(23(20)37)17-10-6-5-7-11-17/h1,5-12,14H,13H2,2-3H3/b20-14+. The number of hydrogen-bond donors (Lipinski definition) is 0. The second-order valence-electron chi connectivity index (χ2n) is 8.37. The average molecular weight is 521 g/mol. The first-order valence-corrected chi connectivity index (χ1v) is 10.8. The van der Waals surface area contributed by atoms with E-state index in [1.807, 2.05) is 0 Å². The van der Waals surface area contributed by atoms with Crippen LogP contribution in [0.15, 0.2) is 59.2 Å². The van der Waals surface area contributed by atoms with E-state index >= 15 is 0 Å². The molecular formula is C26H18F7N3O. The molecule has 1 amide bonds. The molecule has 0 aliphatic carbocycles. The number of carbonyl (C=O) groups excluding carboxylic acids is 1. The van der Waals surface area contributed by atoms with Crippen molar-refractivity contribution in [3.8, 4) is 12.3 Å². The van der Waals surface area contributed by atoms with Crippen LogP contribution in [0.3, 0.4) is 0 Å². The van der Waals surface area contributed by atoms with E-state index in [4.69, 9.17) is 6.42 Å². The Hall–Kier alpha value is -4.07. The van der Waals surface area contributed by atoms with Crippen LogP contribution in [0.25, 0.3) is 17.0 Å². The summed E-state index contributed by atoms with van der Waals surface area (Å²) in [6, 6.07) is 11.9. The highest BCUT2D eigenvalue weighted by Gasteiger charge is 2.76. The molecule has 0 saturated carbocycles. The van der Waals surface area contributed by atoms with Crippen molar-refractivity contribution in [1.82, 2.24) is 4.57 Å². The van der Waals surface area contributed by atoms with E-state index in [9.17, 15) is 35.5 Å². The number of fused-ring (bicyclic) bond motifs is 1. The van der Waals surface area contributed by atoms with E-state index in [1.54, 1.807) is 36.6 Å². The van der Waals surface area contributed by atoms with Gasteiger partial charge in [0.2, 0.25) is 0 Å². The van der Waals surface area contributed by atoms with Crippen LogP contribution in [0, 0.1) is 26.2 Å². The highest BCUT2D eigenvalue weighted by atomic mass is 19.4. The summed E-state index contributed by atoms with van der Waals surface area (Å²) in [7, 11) is 0. The summed E-state index contributed by atoms with van der Waals surface area (Å²) in [5.41, 5.74) is -1.29. The van der Waals surface area contributed by atoms with Crippen molar-refractivity contribution in [3.05, 3.63) is 70.9 Å². The maximum absolute atomic E-state index is 15.0. The summed E-state index contributed by atoms with van der Waals surface area (Å²) < 4.78 is 98.9. The number of para-hydroxylation sites is 2. The zero-order valence-electron chi connectivity index (χ0n) is 19.4. The van der Waals surface area contributed by atoms with Gasteiger partial charge in [0.05, 0.1) is 23.3 Å². The highest BCUT2D eigenvalue weighted by Crippen LogP contribution is 2.49. The fraction of sp³-hybridized carbons (Fsp3) is 0.231. The number of benzene rings is 2. The van der Waals surface area contributed by atoms with Gasteiger partial charge in [-0.1, -0.05) is 42.3 Å². The van der Waals surface area contributed by atoms with Crippen LogP contribution in [0.4, 0.5) is 36.4 Å². The first-order valence-electron chi connectivity index (χ1n) is 10.8. The zero-order chi connectivity index (χ0) is 27.3. The molecule has 1 aliphatic rings. The summed E-state index contributed by atoms with van der Waals surface area (Å²) >= 11 is 0. The van der Waals surface area contributed by atoms with Crippen LogP contribution in [0.1, 0.15) is 16.8 Å². The van der Waals surface area contributed by atoms with E-state index in [1.165, 1.54) is 30.3 Å². The Labute approximate surface area is 206 Å². The number of rotatable bonds is 5. The van der Waals surface area contributed by atoms with Gasteiger partial charge in [-0.25, -0.2) is 0 Å². The second-order valence-corrected chi connectivity index (χ2v) is 8.37. The quantitative estimate of drug-likeness (QED) is 0.214. The summed E-state index contributed by atoms with van der Waals surface area (Å²) in [5, 5.41) is 4.12. The molecule has 0 unspecified atom stereocenters. The molecular weight excluding hydrogens is 503 g/mol. The number of halogens is 7. The first-order chi connectivity index (χ1) is 17.2. The molecule has 0 N–H and O–H groups in total. The normalized spacial score (nSPS) is 16.0. The molecule has 1 aromatic heterocycles. The smallest absolute Gasteiger partial charge is 0.332 e. The first kappa shape index (κ1) is 26.0. The van der Waals surface area contributed by atoms with Gasteiger partial charge in [-0.3, -0.25) is 4.79 Å². The summed E-state index contributed by atoms with van der Waals surface area (Å²) in [6.07, 6.45) is -0.278. The van der Waals surface area contributed by atoms with Gasteiger partial charge in [-0.05, 0) is 37.6 Å². The van der Waals surface area contributed by atoms with Crippen molar-refractivity contribution in [3.63, 3.8) is 0 Å². The third-order valence-corrected chi connectivity index (χ3v) is 6.06. The Balaban J connectivity index is 2.01. The number of alkyl halides is 7. The lowest BCUT2D eigenvalue weighted by molar-refractivity contribution is -0.336. The molecule has 0 spiro atoms. The number of carbonyl (C=O) groups is 1. The number of hydrogen-bond acceptors (Lipinski definition) is 2. The number of aryl methyl sites for hydroxylation is 1. The van der Waals surface area contributed by atoms with Gasteiger partial charge in [0.25, 0.3) is 5.91 Å². The van der Waals surface area contributed by atoms with Crippen LogP contribution in [0.5, 0.6) is 0 Å². The predicted octanol–water partition coefficient (Wildman–Crippen LogP) is 6.51. The Morgan fingerprint density at radius 2 is 1.62 bits per heavy atom. The molecule has 4 rings (SSSR count). The molecule has 0 bridgehead atoms. The zero-order valence-corrected chi connectivity index (χ0v) is 19.4. The molecule has 2 aromatic carbocycles. The second kappa shape index (κ2) is 8.80. The van der Waals surface area contributed by atoms with E-state index in [0.717, 1.165) is 11.6 Å². The Morgan fingerprint density at radius 3 is 2.22 bits per heavy atom. The molecule has 192 valence electrons. The van der Waals surface area contributed by atoms with Crippen molar-refractivity contribution in [2.24, 2.45) is 5.10 Å². The van der Waals surface area contributed by atoms with Crippen LogP contribution in [-0.4, -0.2) is 34.2 Å². The monoisotopic (exact) mass is 521 g/mol. The summed E-state index contributed by atoms with van der Waals surface area (Å²) in [6.45, 7) is 3.38. The summed E-state index contributed by atoms with van der Waals surface area (Å²) in [5.74, 6) is -11.2. The van der Waals surface area contributed by atoms with Crippen molar-refractivity contribution in [1.29, 1.82) is 0 Å². The van der Waals surface area contributed by atoms with Gasteiger partial charge in [0.1, 0.15) is 0 Å². The van der Waals surface area contributed by atoms with Gasteiger partial charge in [-0.15, -0.1) is 6.42 Å². The van der Waals surface area contributed by atoms with E-state index in [0.29, 0.717) is 21.6 Å². The van der Waals surface area contributed by atoms with Crippen LogP contribution in [0.2, 0.25) is 0 Å². The molecule has 4 nitrogen and oxygen atoms in total. The van der Waals surface area contributed by atoms with Gasteiger partial charge < -0.3 is 4.57 Å². The Kier molecular flexibility index (Phi) is 6.18. The van der Waals surface area contributed by atoms with Gasteiger partial charge >= 0.3 is 18.0 Å². The van der Waals surface area contributed by atoms with Crippen molar-refractivity contribution in [2.45, 2.75) is 38.4 Å². The predicted molar refractivity (Wildman–Crippen MR) is 126 cm³/mol. The maximum Gasteiger partial charge on any atom is 0.460 e. The molecule has 3 aromatic rings. The number of amides is 1. The molecule has 0 saturated heterocycles. The summed E-state index contributed by atoms with van der Waals surface area (Å²) in [4.78, 5) is 13.2. The number of anilines is 1. The van der Waals surface area contributed by atoms with Crippen LogP contribution < -0.4 is 5.01 Å². The van der Waals surface area contributed by atoms with Gasteiger partial charge in [-0.2, -0.15) is 40.8 Å². The van der Waals surface area contributed by atoms with Crippen LogP contribution >= 0.6 is 0 Å². The fourth-order valence-electron chi connectivity index (χ4n) is 4.21. The Morgan fingerprint density at radius 1 is 0.973 bits per heavy atom. The lowest BCUT2D eigenvalue weighted by Gasteiger charge is -2.27. The topological polar surface area (TPSA) is 37.6 Å². The Bertz CT molecular complexity index is 1490. The lowest BCUT2D eigenvalue weighted by Crippen LogP contribution is -2.56. The minimum Gasteiger partial charge on any atom is -0.332 e. The molecule has 0 fully saturated rings. The number of nitrogens with zero attached hydrogens (tertiary/aromatic N) is 3. The van der Waals surface area contributed by atoms with Crippen molar-refractivity contribution in [2.75, 3.05) is 5.01 Å². The lowest BCUT2D eigenvalue weighted by atomic mass is 9.96. The molecule has 11 heteroatoms. The van der Waals surface area contributed by atoms with E-state index in [-0.39, 0.29) is 17.8 Å². The van der Waals surface area contributed by atoms with Gasteiger partial charge in [0.15, 0.2) is 5.71 Å². The number of aromatic nitrogens is 1. The number of hydrazone groups is 1. The van der Waals surface area contributed by atoms with E-state index < -0.39 is 35.2 Å². The van der Waals surface area contributed by atoms with E-state index in [2.05, 4.69) is 11.0 Å².